The third-order valence-electron chi connectivity index (χ3n) is 3.32. The van der Waals surface area contributed by atoms with Gasteiger partial charge in [0.2, 0.25) is 5.91 Å². The minimum absolute atomic E-state index is 0.0989. The molecule has 2 aromatic rings. The molecule has 3 rings (SSSR count). The molecule has 2 amide bonds. The van der Waals surface area contributed by atoms with Crippen molar-refractivity contribution in [2.45, 2.75) is 5.16 Å². The summed E-state index contributed by atoms with van der Waals surface area (Å²) < 4.78 is 6.54. The van der Waals surface area contributed by atoms with Crippen molar-refractivity contribution in [3.8, 4) is 11.4 Å². The number of ether oxygens (including phenoxy) is 1. The van der Waals surface area contributed by atoms with Gasteiger partial charge in [-0.25, -0.2) is 9.69 Å². The molecule has 0 N–H and O–H groups in total. The Hall–Kier alpha value is -2.06. The van der Waals surface area contributed by atoms with E-state index in [4.69, 9.17) is 16.3 Å². The summed E-state index contributed by atoms with van der Waals surface area (Å²) in [6.45, 7) is 0.549. The molecule has 23 heavy (non-hydrogen) atoms. The van der Waals surface area contributed by atoms with Gasteiger partial charge in [0.15, 0.2) is 11.0 Å². The number of hydrogen-bond donors (Lipinski definition) is 0. The Balaban J connectivity index is 1.69. The molecular weight excluding hydrogens is 340 g/mol. The Morgan fingerprint density at radius 1 is 1.35 bits per heavy atom. The highest BCUT2D eigenvalue weighted by Crippen LogP contribution is 2.24. The summed E-state index contributed by atoms with van der Waals surface area (Å²) in [5.41, 5.74) is 0.880. The van der Waals surface area contributed by atoms with Gasteiger partial charge >= 0.3 is 6.09 Å². The van der Waals surface area contributed by atoms with E-state index in [-0.39, 0.29) is 18.3 Å². The highest BCUT2D eigenvalue weighted by atomic mass is 35.5. The Morgan fingerprint density at radius 3 is 2.74 bits per heavy atom. The number of amides is 2. The van der Waals surface area contributed by atoms with Crippen LogP contribution in [-0.2, 0) is 16.6 Å². The van der Waals surface area contributed by atoms with Gasteiger partial charge in [-0.05, 0) is 24.3 Å². The van der Waals surface area contributed by atoms with Crippen molar-refractivity contribution in [3.63, 3.8) is 0 Å². The van der Waals surface area contributed by atoms with E-state index < -0.39 is 6.09 Å². The van der Waals surface area contributed by atoms with Gasteiger partial charge in [-0.2, -0.15) is 0 Å². The molecule has 0 spiro atoms. The molecule has 1 aromatic heterocycles. The van der Waals surface area contributed by atoms with Crippen LogP contribution in [0, 0.1) is 0 Å². The van der Waals surface area contributed by atoms with Crippen LogP contribution in [0.1, 0.15) is 0 Å². The fraction of sp³-hybridized carbons (Fsp3) is 0.286. The van der Waals surface area contributed by atoms with E-state index in [1.807, 2.05) is 19.2 Å². The zero-order valence-corrected chi connectivity index (χ0v) is 13.8. The maximum Gasteiger partial charge on any atom is 0.416 e. The van der Waals surface area contributed by atoms with Crippen LogP contribution in [0.3, 0.4) is 0 Å². The SMILES string of the molecule is Cn1c(SCC(=O)N2CCOC2=O)nnc1-c1ccc(Cl)cc1. The molecule has 2 heterocycles. The first-order valence-electron chi connectivity index (χ1n) is 6.81. The number of nitrogens with zero attached hydrogens (tertiary/aromatic N) is 4. The summed E-state index contributed by atoms with van der Waals surface area (Å²) in [5, 5.41) is 9.47. The maximum absolute atomic E-state index is 12.0. The van der Waals surface area contributed by atoms with Crippen molar-refractivity contribution in [1.82, 2.24) is 19.7 Å². The average Bonchev–Trinajstić information content (AvgIpc) is 3.12. The lowest BCUT2D eigenvalue weighted by Gasteiger charge is -2.09. The molecule has 1 saturated heterocycles. The van der Waals surface area contributed by atoms with Crippen molar-refractivity contribution >= 4 is 35.4 Å². The largest absolute Gasteiger partial charge is 0.447 e. The molecule has 1 fully saturated rings. The summed E-state index contributed by atoms with van der Waals surface area (Å²) in [6, 6.07) is 7.26. The molecule has 0 atom stereocenters. The first-order valence-corrected chi connectivity index (χ1v) is 8.18. The molecule has 0 unspecified atom stereocenters. The van der Waals surface area contributed by atoms with Crippen LogP contribution in [0.15, 0.2) is 29.4 Å². The Labute approximate surface area is 141 Å². The quantitative estimate of drug-likeness (QED) is 0.785. The summed E-state index contributed by atoms with van der Waals surface area (Å²) in [5.74, 6) is 0.479. The van der Waals surface area contributed by atoms with E-state index in [1.165, 1.54) is 11.8 Å². The van der Waals surface area contributed by atoms with Crippen LogP contribution < -0.4 is 0 Å². The molecule has 1 aliphatic rings. The topological polar surface area (TPSA) is 77.3 Å². The second-order valence-electron chi connectivity index (χ2n) is 4.82. The van der Waals surface area contributed by atoms with E-state index >= 15 is 0 Å². The van der Waals surface area contributed by atoms with E-state index in [0.29, 0.717) is 22.5 Å². The number of halogens is 1. The number of benzene rings is 1. The summed E-state index contributed by atoms with van der Waals surface area (Å²) in [6.07, 6.45) is -0.588. The molecule has 0 bridgehead atoms. The van der Waals surface area contributed by atoms with Gasteiger partial charge in [-0.3, -0.25) is 4.79 Å². The fourth-order valence-electron chi connectivity index (χ4n) is 2.12. The van der Waals surface area contributed by atoms with Gasteiger partial charge < -0.3 is 9.30 Å². The van der Waals surface area contributed by atoms with Gasteiger partial charge in [0.05, 0.1) is 12.3 Å². The van der Waals surface area contributed by atoms with Crippen LogP contribution in [-0.4, -0.2) is 50.6 Å². The predicted molar refractivity (Wildman–Crippen MR) is 85.2 cm³/mol. The lowest BCUT2D eigenvalue weighted by Crippen LogP contribution is -2.33. The second-order valence-corrected chi connectivity index (χ2v) is 6.20. The van der Waals surface area contributed by atoms with Crippen LogP contribution >= 0.6 is 23.4 Å². The Bertz CT molecular complexity index is 747. The zero-order chi connectivity index (χ0) is 16.4. The van der Waals surface area contributed by atoms with Crippen molar-refractivity contribution in [2.24, 2.45) is 7.05 Å². The lowest BCUT2D eigenvalue weighted by molar-refractivity contribution is -0.125. The minimum atomic E-state index is -0.588. The normalized spacial score (nSPS) is 14.2. The van der Waals surface area contributed by atoms with Crippen molar-refractivity contribution in [1.29, 1.82) is 0 Å². The molecule has 7 nitrogen and oxygen atoms in total. The smallest absolute Gasteiger partial charge is 0.416 e. The number of carbonyl (C=O) groups is 2. The molecule has 120 valence electrons. The standard InChI is InChI=1S/C14H13ClN4O3S/c1-18-12(9-2-4-10(15)5-3-9)16-17-13(18)23-8-11(20)19-6-7-22-14(19)21/h2-5H,6-8H2,1H3. The second kappa shape index (κ2) is 6.59. The summed E-state index contributed by atoms with van der Waals surface area (Å²) in [7, 11) is 1.82. The third-order valence-corrected chi connectivity index (χ3v) is 4.58. The van der Waals surface area contributed by atoms with E-state index in [9.17, 15) is 9.59 Å². The minimum Gasteiger partial charge on any atom is -0.447 e. The van der Waals surface area contributed by atoms with Gasteiger partial charge in [-0.15, -0.1) is 10.2 Å². The number of cyclic esters (lactones) is 1. The fourth-order valence-corrected chi connectivity index (χ4v) is 3.03. The monoisotopic (exact) mass is 352 g/mol. The van der Waals surface area contributed by atoms with Crippen molar-refractivity contribution < 1.29 is 14.3 Å². The van der Waals surface area contributed by atoms with Crippen molar-refractivity contribution in [3.05, 3.63) is 29.3 Å². The van der Waals surface area contributed by atoms with Crippen LogP contribution in [0.2, 0.25) is 5.02 Å². The molecular formula is C14H13ClN4O3S. The average molecular weight is 353 g/mol. The predicted octanol–water partition coefficient (Wildman–Crippen LogP) is 2.21. The number of aromatic nitrogens is 3. The van der Waals surface area contributed by atoms with Gasteiger partial charge in [0.25, 0.3) is 0 Å². The number of hydrogen-bond acceptors (Lipinski definition) is 6. The summed E-state index contributed by atoms with van der Waals surface area (Å²) >= 11 is 7.10. The van der Waals surface area contributed by atoms with Gasteiger partial charge in [0, 0.05) is 17.6 Å². The highest BCUT2D eigenvalue weighted by molar-refractivity contribution is 7.99. The third kappa shape index (κ3) is 3.32. The first-order chi connectivity index (χ1) is 11.1. The Morgan fingerprint density at radius 2 is 2.09 bits per heavy atom. The number of carbonyl (C=O) groups excluding carboxylic acids is 2. The van der Waals surface area contributed by atoms with Gasteiger partial charge in [-0.1, -0.05) is 23.4 Å². The molecule has 0 saturated carbocycles. The molecule has 1 aliphatic heterocycles. The maximum atomic E-state index is 12.0. The van der Waals surface area contributed by atoms with Crippen LogP contribution in [0.4, 0.5) is 4.79 Å². The Kier molecular flexibility index (Phi) is 4.53. The van der Waals surface area contributed by atoms with E-state index in [1.54, 1.807) is 16.7 Å². The van der Waals surface area contributed by atoms with Crippen LogP contribution in [0.5, 0.6) is 0 Å². The molecule has 0 radical (unpaired) electrons. The molecule has 0 aliphatic carbocycles. The van der Waals surface area contributed by atoms with E-state index in [2.05, 4.69) is 10.2 Å². The first kappa shape index (κ1) is 15.8. The zero-order valence-electron chi connectivity index (χ0n) is 12.2. The highest BCUT2D eigenvalue weighted by Gasteiger charge is 2.28. The number of imide groups is 1. The molecule has 9 heteroatoms. The van der Waals surface area contributed by atoms with Crippen LogP contribution in [0.25, 0.3) is 11.4 Å². The van der Waals surface area contributed by atoms with Crippen molar-refractivity contribution in [2.75, 3.05) is 18.9 Å². The lowest BCUT2D eigenvalue weighted by atomic mass is 10.2. The van der Waals surface area contributed by atoms with Gasteiger partial charge in [0.1, 0.15) is 6.61 Å². The number of rotatable bonds is 4. The van der Waals surface area contributed by atoms with E-state index in [0.717, 1.165) is 10.5 Å². The number of thioether (sulfide) groups is 1. The molecule has 1 aromatic carbocycles. The summed E-state index contributed by atoms with van der Waals surface area (Å²) in [4.78, 5) is 24.4.